The van der Waals surface area contributed by atoms with Gasteiger partial charge in [0.15, 0.2) is 5.82 Å². The minimum Gasteiger partial charge on any atom is -0.461 e. The van der Waals surface area contributed by atoms with Gasteiger partial charge in [0.05, 0.1) is 22.2 Å². The Morgan fingerprint density at radius 3 is 2.60 bits per heavy atom. The molecule has 0 spiro atoms. The number of aryl methyl sites for hydroxylation is 1. The quantitative estimate of drug-likeness (QED) is 0.143. The molecular formula is C42H48F4N6O3. The van der Waals surface area contributed by atoms with Crippen molar-refractivity contribution in [3.63, 3.8) is 0 Å². The summed E-state index contributed by atoms with van der Waals surface area (Å²) in [4.78, 5) is 33.7. The van der Waals surface area contributed by atoms with Crippen molar-refractivity contribution in [2.24, 2.45) is 5.92 Å². The topological polar surface area (TPSA) is 83.9 Å². The number of rotatable bonds is 6. The number of ether oxygens (including phenoxy) is 2. The summed E-state index contributed by atoms with van der Waals surface area (Å²) >= 11 is 0. The molecule has 2 aromatic carbocycles. The van der Waals surface area contributed by atoms with Gasteiger partial charge in [-0.3, -0.25) is 4.90 Å². The summed E-state index contributed by atoms with van der Waals surface area (Å²) in [5.41, 5.74) is -0.177. The molecule has 0 aliphatic carbocycles. The van der Waals surface area contributed by atoms with Crippen LogP contribution in [0.5, 0.6) is 6.01 Å². The second-order valence-electron chi connectivity index (χ2n) is 15.8. The lowest BCUT2D eigenvalue weighted by Crippen LogP contribution is -2.55. The normalized spacial score (nSPS) is 22.2. The third-order valence-electron chi connectivity index (χ3n) is 11.2. The van der Waals surface area contributed by atoms with Gasteiger partial charge in [0.1, 0.15) is 35.1 Å². The smallest absolute Gasteiger partial charge is 0.410 e. The number of terminal acetylenes is 1. The highest BCUT2D eigenvalue weighted by atomic mass is 19.3. The summed E-state index contributed by atoms with van der Waals surface area (Å²) in [6, 6.07) is 7.88. The molecule has 0 saturated carbocycles. The minimum absolute atomic E-state index is 0.0127. The Morgan fingerprint density at radius 2 is 1.85 bits per heavy atom. The largest absolute Gasteiger partial charge is 0.461 e. The molecule has 55 heavy (non-hydrogen) atoms. The molecule has 6 heterocycles. The van der Waals surface area contributed by atoms with Gasteiger partial charge in [-0.1, -0.05) is 44.0 Å². The fraction of sp³-hybridized carbons (Fsp3) is 0.524. The van der Waals surface area contributed by atoms with Gasteiger partial charge < -0.3 is 19.3 Å². The molecule has 13 heteroatoms. The zero-order chi connectivity index (χ0) is 39.2. The van der Waals surface area contributed by atoms with Gasteiger partial charge in [0.25, 0.3) is 0 Å². The van der Waals surface area contributed by atoms with Crippen LogP contribution in [-0.4, -0.2) is 93.8 Å². The van der Waals surface area contributed by atoms with Crippen LogP contribution >= 0.6 is 0 Å². The number of benzene rings is 2. The number of pyridine rings is 1. The van der Waals surface area contributed by atoms with Crippen molar-refractivity contribution in [2.45, 2.75) is 96.8 Å². The van der Waals surface area contributed by atoms with Crippen LogP contribution in [0.4, 0.5) is 28.2 Å². The van der Waals surface area contributed by atoms with Crippen LogP contribution in [0.2, 0.25) is 0 Å². The van der Waals surface area contributed by atoms with Gasteiger partial charge in [-0.05, 0) is 76.8 Å². The summed E-state index contributed by atoms with van der Waals surface area (Å²) in [7, 11) is 0. The van der Waals surface area contributed by atoms with E-state index in [9.17, 15) is 13.6 Å². The first-order valence-electron chi connectivity index (χ1n) is 19.3. The lowest BCUT2D eigenvalue weighted by atomic mass is 9.89. The molecule has 2 aromatic heterocycles. The van der Waals surface area contributed by atoms with Gasteiger partial charge in [-0.15, -0.1) is 6.42 Å². The zero-order valence-electron chi connectivity index (χ0n) is 32.1. The van der Waals surface area contributed by atoms with Crippen molar-refractivity contribution < 1.29 is 31.8 Å². The van der Waals surface area contributed by atoms with Gasteiger partial charge >= 0.3 is 12.1 Å². The van der Waals surface area contributed by atoms with Crippen molar-refractivity contribution in [2.75, 3.05) is 44.2 Å². The van der Waals surface area contributed by atoms with Gasteiger partial charge in [-0.25, -0.2) is 27.3 Å². The molecule has 0 radical (unpaired) electrons. The number of amides is 1. The Hall–Kier alpha value is -4.70. The minimum atomic E-state index is -2.38. The third kappa shape index (κ3) is 7.26. The molecule has 8 rings (SSSR count). The fourth-order valence-corrected chi connectivity index (χ4v) is 8.96. The third-order valence-corrected chi connectivity index (χ3v) is 11.2. The van der Waals surface area contributed by atoms with Gasteiger partial charge in [0.2, 0.25) is 6.43 Å². The number of aromatic nitrogens is 3. The Labute approximate surface area is 319 Å². The average molecular weight is 761 g/mol. The lowest BCUT2D eigenvalue weighted by Gasteiger charge is -2.41. The number of hydrogen-bond acceptors (Lipinski definition) is 8. The molecule has 3 atom stereocenters. The number of piperazine rings is 1. The van der Waals surface area contributed by atoms with E-state index in [1.807, 2.05) is 34.6 Å². The van der Waals surface area contributed by atoms with E-state index in [1.54, 1.807) is 29.2 Å². The second-order valence-corrected chi connectivity index (χ2v) is 15.8. The molecule has 0 bridgehead atoms. The van der Waals surface area contributed by atoms with E-state index in [0.717, 1.165) is 19.4 Å². The van der Waals surface area contributed by atoms with E-state index in [1.165, 1.54) is 6.07 Å². The molecule has 3 fully saturated rings. The summed E-state index contributed by atoms with van der Waals surface area (Å²) in [6.45, 7) is 12.2. The molecule has 4 aliphatic rings. The van der Waals surface area contributed by atoms with Crippen LogP contribution in [0.1, 0.15) is 78.0 Å². The summed E-state index contributed by atoms with van der Waals surface area (Å²) in [5, 5.41) is 1.46. The van der Waals surface area contributed by atoms with E-state index in [4.69, 9.17) is 30.8 Å². The van der Waals surface area contributed by atoms with Gasteiger partial charge in [0, 0.05) is 49.6 Å². The predicted molar refractivity (Wildman–Crippen MR) is 204 cm³/mol. The Morgan fingerprint density at radius 1 is 1.05 bits per heavy atom. The molecule has 4 aromatic rings. The number of alkyl halides is 2. The van der Waals surface area contributed by atoms with Crippen molar-refractivity contribution >= 4 is 33.6 Å². The molecule has 1 amide bonds. The van der Waals surface area contributed by atoms with Crippen LogP contribution in [0.15, 0.2) is 30.3 Å². The first kappa shape index (κ1) is 38.6. The van der Waals surface area contributed by atoms with E-state index < -0.39 is 35.3 Å². The number of nitrogens with zero attached hydrogens (tertiary/aromatic N) is 6. The lowest BCUT2D eigenvalue weighted by molar-refractivity contribution is 0.0212. The number of hydrogen-bond donors (Lipinski definition) is 0. The SMILES string of the molecule is C#Cc1c(F)ccc2cccc(-c3nc4c5c(nc(OCC67CCCN6CC(CC(F)F)C7)nc5c3F)N3CCN(C(=O)OC(C)(C)C)CC3CC4)c12.CC. The average Bonchev–Trinajstić information content (AvgIpc) is 3.64. The summed E-state index contributed by atoms with van der Waals surface area (Å²) < 4.78 is 71.1. The number of carbonyl (C=O) groups excluding carboxylic acids is 1. The van der Waals surface area contributed by atoms with Crippen molar-refractivity contribution in [3.05, 3.63) is 53.2 Å². The number of halogens is 4. The van der Waals surface area contributed by atoms with Crippen molar-refractivity contribution in [3.8, 4) is 29.6 Å². The van der Waals surface area contributed by atoms with Crippen LogP contribution in [0, 0.1) is 29.9 Å². The Balaban J connectivity index is 0.00000229. The molecule has 3 unspecified atom stereocenters. The molecule has 3 saturated heterocycles. The van der Waals surface area contributed by atoms with E-state index in [-0.39, 0.29) is 47.8 Å². The maximum atomic E-state index is 17.2. The fourth-order valence-electron chi connectivity index (χ4n) is 8.96. The predicted octanol–water partition coefficient (Wildman–Crippen LogP) is 8.39. The Bertz CT molecular complexity index is 2150. The molecule has 9 nitrogen and oxygen atoms in total. The van der Waals surface area contributed by atoms with E-state index >= 15 is 8.78 Å². The van der Waals surface area contributed by atoms with E-state index in [0.29, 0.717) is 78.7 Å². The molecule has 4 aliphatic heterocycles. The number of carbonyl (C=O) groups is 1. The van der Waals surface area contributed by atoms with Gasteiger partial charge in [-0.2, -0.15) is 9.97 Å². The highest BCUT2D eigenvalue weighted by Crippen LogP contribution is 2.45. The van der Waals surface area contributed by atoms with Crippen LogP contribution in [0.25, 0.3) is 32.9 Å². The standard InChI is InChI=1S/C40H42F4N6O3.C2H6/c1-5-26-28(41)12-10-24-8-6-9-27(31(24)26)34-33(44)35-32-29(45-34)13-11-25-21-48(38(51)53-39(2,3)4)16-17-50(25)36(32)47-37(46-35)52-22-40-14-7-15-49(40)20-23(19-40)18-30(42)43;1-2/h1,6,8-10,12,23,25,30H,7,11,13-22H2,2-4H3;1-2H3. The zero-order valence-corrected chi connectivity index (χ0v) is 32.1. The number of anilines is 1. The van der Waals surface area contributed by atoms with Crippen molar-refractivity contribution in [1.29, 1.82) is 0 Å². The van der Waals surface area contributed by atoms with Crippen LogP contribution < -0.4 is 9.64 Å². The highest BCUT2D eigenvalue weighted by molar-refractivity contribution is 6.02. The molecule has 292 valence electrons. The number of fused-ring (bicyclic) bond motifs is 4. The summed E-state index contributed by atoms with van der Waals surface area (Å²) in [5.74, 6) is 1.44. The van der Waals surface area contributed by atoms with Crippen molar-refractivity contribution in [1.82, 2.24) is 24.8 Å². The van der Waals surface area contributed by atoms with Crippen LogP contribution in [0.3, 0.4) is 0 Å². The molecule has 0 N–H and O–H groups in total. The maximum Gasteiger partial charge on any atom is 0.410 e. The van der Waals surface area contributed by atoms with E-state index in [2.05, 4.69) is 15.7 Å². The maximum absolute atomic E-state index is 17.2. The first-order chi connectivity index (χ1) is 26.3. The Kier molecular flexibility index (Phi) is 10.6. The highest BCUT2D eigenvalue weighted by Gasteiger charge is 2.49. The molecular weight excluding hydrogens is 712 g/mol. The first-order valence-corrected chi connectivity index (χ1v) is 19.3. The second kappa shape index (κ2) is 15.1. The summed E-state index contributed by atoms with van der Waals surface area (Å²) in [6.07, 6.45) is 6.14. The van der Waals surface area contributed by atoms with Crippen LogP contribution in [-0.2, 0) is 11.2 Å². The monoisotopic (exact) mass is 760 g/mol.